The summed E-state index contributed by atoms with van der Waals surface area (Å²) in [5.41, 5.74) is 8.53. The lowest BCUT2D eigenvalue weighted by molar-refractivity contribution is 0.627. The van der Waals surface area contributed by atoms with Crippen LogP contribution >= 0.6 is 22.6 Å². The van der Waals surface area contributed by atoms with Crippen molar-refractivity contribution in [1.82, 2.24) is 0 Å². The molecule has 1 aromatic rings. The molecule has 0 bridgehead atoms. The summed E-state index contributed by atoms with van der Waals surface area (Å²) < 4.78 is 13.1. The average molecular weight is 263 g/mol. The van der Waals surface area contributed by atoms with E-state index in [4.69, 9.17) is 5.53 Å². The van der Waals surface area contributed by atoms with E-state index < -0.39 is 0 Å². The van der Waals surface area contributed by atoms with Crippen LogP contribution in [0.1, 0.15) is 0 Å². The van der Waals surface area contributed by atoms with E-state index >= 15 is 0 Å². The fourth-order valence-electron chi connectivity index (χ4n) is 0.611. The zero-order valence-electron chi connectivity index (χ0n) is 5.33. The number of halogens is 2. The maximum absolute atomic E-state index is 12.4. The molecule has 3 nitrogen and oxygen atoms in total. The summed E-state index contributed by atoms with van der Waals surface area (Å²) in [6.07, 6.45) is 0. The van der Waals surface area contributed by atoms with Crippen molar-refractivity contribution >= 4 is 28.3 Å². The minimum atomic E-state index is -0.328. The molecule has 0 N–H and O–H groups in total. The van der Waals surface area contributed by atoms with Crippen LogP contribution < -0.4 is 0 Å². The summed E-state index contributed by atoms with van der Waals surface area (Å²) in [4.78, 5) is 2.59. The Labute approximate surface area is 76.0 Å². The van der Waals surface area contributed by atoms with Crippen LogP contribution in [0.2, 0.25) is 0 Å². The standard InChI is InChI=1S/C6H3FIN3/c7-4-1-2-6(10-11-9)5(8)3-4/h1-3H. The van der Waals surface area contributed by atoms with E-state index in [1.165, 1.54) is 18.2 Å². The molecule has 0 aromatic heterocycles. The molecule has 0 fully saturated rings. The van der Waals surface area contributed by atoms with E-state index in [1.54, 1.807) is 0 Å². The largest absolute Gasteiger partial charge is 0.207 e. The first-order valence-electron chi connectivity index (χ1n) is 2.74. The predicted octanol–water partition coefficient (Wildman–Crippen LogP) is 3.37. The smallest absolute Gasteiger partial charge is 0.124 e. The molecule has 0 radical (unpaired) electrons. The highest BCUT2D eigenvalue weighted by Crippen LogP contribution is 2.21. The molecule has 0 spiro atoms. The molecule has 0 atom stereocenters. The van der Waals surface area contributed by atoms with Crippen molar-refractivity contribution in [2.24, 2.45) is 5.11 Å². The Morgan fingerprint density at radius 2 is 2.27 bits per heavy atom. The zero-order valence-corrected chi connectivity index (χ0v) is 7.49. The molecular formula is C6H3FIN3. The second-order valence-electron chi connectivity index (χ2n) is 1.79. The number of rotatable bonds is 1. The van der Waals surface area contributed by atoms with Crippen molar-refractivity contribution in [3.05, 3.63) is 38.0 Å². The van der Waals surface area contributed by atoms with Gasteiger partial charge in [0.25, 0.3) is 0 Å². The topological polar surface area (TPSA) is 48.8 Å². The van der Waals surface area contributed by atoms with E-state index in [0.717, 1.165) is 0 Å². The van der Waals surface area contributed by atoms with Gasteiger partial charge in [-0.2, -0.15) is 0 Å². The molecule has 1 rings (SSSR count). The monoisotopic (exact) mass is 263 g/mol. The fraction of sp³-hybridized carbons (Fsp3) is 0. The predicted molar refractivity (Wildman–Crippen MR) is 47.9 cm³/mol. The van der Waals surface area contributed by atoms with Crippen LogP contribution in [-0.2, 0) is 0 Å². The number of hydrogen-bond acceptors (Lipinski definition) is 1. The molecule has 0 amide bonds. The van der Waals surface area contributed by atoms with Gasteiger partial charge in [0, 0.05) is 8.48 Å². The van der Waals surface area contributed by atoms with Gasteiger partial charge in [0.05, 0.1) is 5.69 Å². The molecule has 0 saturated heterocycles. The number of benzene rings is 1. The van der Waals surface area contributed by atoms with E-state index in [1.807, 2.05) is 22.6 Å². The number of hydrogen-bond donors (Lipinski definition) is 0. The molecular weight excluding hydrogens is 260 g/mol. The van der Waals surface area contributed by atoms with Crippen LogP contribution in [0, 0.1) is 9.39 Å². The molecule has 56 valence electrons. The Morgan fingerprint density at radius 1 is 1.55 bits per heavy atom. The van der Waals surface area contributed by atoms with E-state index in [2.05, 4.69) is 10.0 Å². The Hall–Kier alpha value is -0.810. The van der Waals surface area contributed by atoms with Crippen LogP contribution in [0.4, 0.5) is 10.1 Å². The van der Waals surface area contributed by atoms with Crippen molar-refractivity contribution in [1.29, 1.82) is 0 Å². The van der Waals surface area contributed by atoms with E-state index in [9.17, 15) is 4.39 Å². The summed E-state index contributed by atoms with van der Waals surface area (Å²) in [7, 11) is 0. The van der Waals surface area contributed by atoms with Gasteiger partial charge in [-0.1, -0.05) is 5.11 Å². The lowest BCUT2D eigenvalue weighted by atomic mass is 10.3. The molecule has 1 aromatic carbocycles. The van der Waals surface area contributed by atoms with Crippen LogP contribution in [-0.4, -0.2) is 0 Å². The molecule has 5 heteroatoms. The SMILES string of the molecule is [N-]=[N+]=Nc1ccc(F)cc1I. The maximum Gasteiger partial charge on any atom is 0.124 e. The normalized spacial score (nSPS) is 8.91. The van der Waals surface area contributed by atoms with Gasteiger partial charge in [-0.3, -0.25) is 0 Å². The highest BCUT2D eigenvalue weighted by atomic mass is 127. The molecule has 0 aliphatic rings. The molecule has 0 aliphatic carbocycles. The Bertz CT molecular complexity index is 320. The van der Waals surface area contributed by atoms with Gasteiger partial charge in [-0.15, -0.1) is 0 Å². The first-order valence-corrected chi connectivity index (χ1v) is 3.82. The fourth-order valence-corrected chi connectivity index (χ4v) is 1.20. The third kappa shape index (κ3) is 2.06. The van der Waals surface area contributed by atoms with Crippen LogP contribution in [0.3, 0.4) is 0 Å². The Morgan fingerprint density at radius 3 is 2.82 bits per heavy atom. The Balaban J connectivity index is 3.19. The molecule has 0 aliphatic heterocycles. The van der Waals surface area contributed by atoms with E-state index in [0.29, 0.717) is 9.26 Å². The Kier molecular flexibility index (Phi) is 2.67. The quantitative estimate of drug-likeness (QED) is 0.323. The van der Waals surface area contributed by atoms with Gasteiger partial charge < -0.3 is 0 Å². The summed E-state index contributed by atoms with van der Waals surface area (Å²) in [5.74, 6) is -0.328. The van der Waals surface area contributed by atoms with Crippen molar-refractivity contribution in [3.63, 3.8) is 0 Å². The summed E-state index contributed by atoms with van der Waals surface area (Å²) in [5, 5.41) is 3.35. The van der Waals surface area contributed by atoms with Gasteiger partial charge in [0.2, 0.25) is 0 Å². The van der Waals surface area contributed by atoms with Crippen molar-refractivity contribution < 1.29 is 4.39 Å². The highest BCUT2D eigenvalue weighted by molar-refractivity contribution is 14.1. The first kappa shape index (κ1) is 8.29. The van der Waals surface area contributed by atoms with Gasteiger partial charge in [-0.05, 0) is 46.3 Å². The second kappa shape index (κ2) is 3.54. The van der Waals surface area contributed by atoms with Gasteiger partial charge in [0.15, 0.2) is 0 Å². The number of nitrogens with zero attached hydrogens (tertiary/aromatic N) is 3. The van der Waals surface area contributed by atoms with Crippen LogP contribution in [0.25, 0.3) is 10.4 Å². The molecule has 11 heavy (non-hydrogen) atoms. The minimum absolute atomic E-state index is 0.328. The lowest BCUT2D eigenvalue weighted by Crippen LogP contribution is -1.75. The van der Waals surface area contributed by atoms with Crippen molar-refractivity contribution in [2.75, 3.05) is 0 Å². The number of azide groups is 1. The maximum atomic E-state index is 12.4. The highest BCUT2D eigenvalue weighted by Gasteiger charge is 1.97. The second-order valence-corrected chi connectivity index (χ2v) is 2.95. The van der Waals surface area contributed by atoms with Gasteiger partial charge in [-0.25, -0.2) is 4.39 Å². The van der Waals surface area contributed by atoms with Gasteiger partial charge >= 0.3 is 0 Å². The first-order chi connectivity index (χ1) is 5.24. The summed E-state index contributed by atoms with van der Waals surface area (Å²) in [6.45, 7) is 0. The van der Waals surface area contributed by atoms with Crippen molar-refractivity contribution in [3.8, 4) is 0 Å². The van der Waals surface area contributed by atoms with Crippen LogP contribution in [0.15, 0.2) is 23.3 Å². The molecule has 0 unspecified atom stereocenters. The van der Waals surface area contributed by atoms with Crippen LogP contribution in [0.5, 0.6) is 0 Å². The lowest BCUT2D eigenvalue weighted by Gasteiger charge is -1.94. The van der Waals surface area contributed by atoms with Crippen molar-refractivity contribution in [2.45, 2.75) is 0 Å². The third-order valence-electron chi connectivity index (χ3n) is 1.06. The van der Waals surface area contributed by atoms with E-state index in [-0.39, 0.29) is 5.82 Å². The minimum Gasteiger partial charge on any atom is -0.207 e. The molecule has 0 saturated carbocycles. The zero-order chi connectivity index (χ0) is 8.27. The summed E-state index contributed by atoms with van der Waals surface area (Å²) in [6, 6.07) is 4.01. The third-order valence-corrected chi connectivity index (χ3v) is 1.93. The molecule has 0 heterocycles. The van der Waals surface area contributed by atoms with Gasteiger partial charge in [0.1, 0.15) is 5.82 Å². The summed E-state index contributed by atoms with van der Waals surface area (Å²) >= 11 is 1.90. The average Bonchev–Trinajstić information content (AvgIpc) is 1.95.